The van der Waals surface area contributed by atoms with Crippen LogP contribution in [0.25, 0.3) is 0 Å². The van der Waals surface area contributed by atoms with Crippen molar-refractivity contribution in [3.05, 3.63) is 24.3 Å². The van der Waals surface area contributed by atoms with Crippen LogP contribution in [0, 0.1) is 0 Å². The Bertz CT molecular complexity index is 701. The number of nitrogens with zero attached hydrogens (tertiary/aromatic N) is 8. The van der Waals surface area contributed by atoms with E-state index in [9.17, 15) is 0 Å². The number of anilines is 2. The monoisotopic (exact) mass is 356 g/mol. The molecule has 0 radical (unpaired) electrons. The molecular weight excluding hydrogens is 328 g/mol. The summed E-state index contributed by atoms with van der Waals surface area (Å²) >= 11 is 0. The van der Waals surface area contributed by atoms with E-state index in [4.69, 9.17) is 0 Å². The molecule has 0 unspecified atom stereocenters. The molecule has 0 aromatic carbocycles. The topological polar surface area (TPSA) is 66.2 Å². The quantitative estimate of drug-likeness (QED) is 0.790. The fourth-order valence-corrected chi connectivity index (χ4v) is 3.79. The molecule has 2 aliphatic rings. The van der Waals surface area contributed by atoms with E-state index < -0.39 is 0 Å². The van der Waals surface area contributed by atoms with E-state index in [-0.39, 0.29) is 0 Å². The highest BCUT2D eigenvalue weighted by molar-refractivity contribution is 5.50. The van der Waals surface area contributed by atoms with E-state index in [1.165, 1.54) is 19.3 Å². The predicted octanol–water partition coefficient (Wildman–Crippen LogP) is 0.960. The third-order valence-corrected chi connectivity index (χ3v) is 5.35. The van der Waals surface area contributed by atoms with Gasteiger partial charge in [0, 0.05) is 71.5 Å². The maximum Gasteiger partial charge on any atom is 0.134 e. The van der Waals surface area contributed by atoms with E-state index in [1.54, 1.807) is 11.0 Å². The first-order valence-electron chi connectivity index (χ1n) is 9.67. The van der Waals surface area contributed by atoms with Crippen molar-refractivity contribution in [1.29, 1.82) is 0 Å². The first kappa shape index (κ1) is 17.2. The van der Waals surface area contributed by atoms with Gasteiger partial charge in [-0.25, -0.2) is 9.97 Å². The first-order valence-corrected chi connectivity index (χ1v) is 9.67. The van der Waals surface area contributed by atoms with Crippen LogP contribution in [0.1, 0.15) is 25.0 Å². The lowest BCUT2D eigenvalue weighted by atomic mass is 10.1. The largest absolute Gasteiger partial charge is 0.356 e. The number of rotatable bonds is 5. The molecule has 0 aliphatic carbocycles. The van der Waals surface area contributed by atoms with E-state index in [2.05, 4.69) is 41.0 Å². The Balaban J connectivity index is 1.30. The van der Waals surface area contributed by atoms with Gasteiger partial charge in [0.25, 0.3) is 0 Å². The van der Waals surface area contributed by atoms with Crippen LogP contribution in [-0.2, 0) is 13.5 Å². The lowest BCUT2D eigenvalue weighted by molar-refractivity contribution is 0.259. The molecule has 0 bridgehead atoms. The summed E-state index contributed by atoms with van der Waals surface area (Å²) in [5, 5.41) is 8.17. The molecule has 4 heterocycles. The number of hydrogen-bond donors (Lipinski definition) is 0. The first-order chi connectivity index (χ1) is 12.8. The average Bonchev–Trinajstić information content (AvgIpc) is 3.13. The van der Waals surface area contributed by atoms with Crippen LogP contribution in [0.4, 0.5) is 11.6 Å². The molecule has 2 aromatic heterocycles. The molecule has 4 rings (SSSR count). The summed E-state index contributed by atoms with van der Waals surface area (Å²) in [7, 11) is 1.91. The Morgan fingerprint density at radius 3 is 2.23 bits per heavy atom. The highest BCUT2D eigenvalue weighted by Gasteiger charge is 2.20. The van der Waals surface area contributed by atoms with Gasteiger partial charge in [0.2, 0.25) is 0 Å². The highest BCUT2D eigenvalue weighted by Crippen LogP contribution is 2.22. The Morgan fingerprint density at radius 1 is 0.885 bits per heavy atom. The Morgan fingerprint density at radius 2 is 1.58 bits per heavy atom. The zero-order valence-electron chi connectivity index (χ0n) is 15.6. The van der Waals surface area contributed by atoms with Crippen LogP contribution in [0.5, 0.6) is 0 Å². The zero-order valence-corrected chi connectivity index (χ0v) is 15.6. The van der Waals surface area contributed by atoms with Gasteiger partial charge in [-0.1, -0.05) is 5.21 Å². The van der Waals surface area contributed by atoms with E-state index in [1.807, 2.05) is 13.2 Å². The Hall–Kier alpha value is -2.22. The minimum absolute atomic E-state index is 0.959. The molecule has 2 aliphatic heterocycles. The van der Waals surface area contributed by atoms with E-state index >= 15 is 0 Å². The van der Waals surface area contributed by atoms with Crippen LogP contribution in [-0.4, -0.2) is 75.7 Å². The molecule has 0 saturated carbocycles. The molecule has 0 amide bonds. The lowest BCUT2D eigenvalue weighted by Gasteiger charge is -2.35. The van der Waals surface area contributed by atoms with E-state index in [0.717, 1.165) is 69.6 Å². The van der Waals surface area contributed by atoms with Crippen LogP contribution in [0.2, 0.25) is 0 Å². The van der Waals surface area contributed by atoms with Crippen molar-refractivity contribution < 1.29 is 0 Å². The van der Waals surface area contributed by atoms with Gasteiger partial charge in [0.15, 0.2) is 0 Å². The normalized spacial score (nSPS) is 19.1. The van der Waals surface area contributed by atoms with Gasteiger partial charge in [-0.05, 0) is 19.3 Å². The summed E-state index contributed by atoms with van der Waals surface area (Å²) in [5.74, 6) is 2.15. The molecule has 0 atom stereocenters. The van der Waals surface area contributed by atoms with Gasteiger partial charge >= 0.3 is 0 Å². The van der Waals surface area contributed by atoms with Crippen molar-refractivity contribution in [3.8, 4) is 0 Å². The second-order valence-corrected chi connectivity index (χ2v) is 7.24. The van der Waals surface area contributed by atoms with Crippen molar-refractivity contribution in [1.82, 2.24) is 29.9 Å². The second-order valence-electron chi connectivity index (χ2n) is 7.24. The number of piperazine rings is 1. The maximum absolute atomic E-state index is 4.53. The molecular formula is C18H28N8. The fourth-order valence-electron chi connectivity index (χ4n) is 3.79. The highest BCUT2D eigenvalue weighted by atomic mass is 15.4. The standard InChI is InChI=1S/C18H28N8/c1-23-14-16(21-22-23)5-8-24-9-11-26(12-10-24)18-13-17(19-15-20-18)25-6-3-2-4-7-25/h13-15H,2-12H2,1H3. The fraction of sp³-hybridized carbons (Fsp3) is 0.667. The van der Waals surface area contributed by atoms with Crippen molar-refractivity contribution in [2.45, 2.75) is 25.7 Å². The number of aryl methyl sites for hydroxylation is 1. The molecule has 8 nitrogen and oxygen atoms in total. The van der Waals surface area contributed by atoms with Gasteiger partial charge in [0.1, 0.15) is 18.0 Å². The van der Waals surface area contributed by atoms with Gasteiger partial charge < -0.3 is 9.80 Å². The van der Waals surface area contributed by atoms with Crippen molar-refractivity contribution >= 4 is 11.6 Å². The van der Waals surface area contributed by atoms with Gasteiger partial charge in [-0.15, -0.1) is 5.10 Å². The Kier molecular flexibility index (Phi) is 5.29. The second kappa shape index (κ2) is 7.99. The van der Waals surface area contributed by atoms with Crippen LogP contribution < -0.4 is 9.80 Å². The zero-order chi connectivity index (χ0) is 17.8. The number of hydrogen-bond acceptors (Lipinski definition) is 7. The van der Waals surface area contributed by atoms with E-state index in [0.29, 0.717) is 0 Å². The SMILES string of the molecule is Cn1cc(CCN2CCN(c3cc(N4CCCCC4)ncn3)CC2)nn1. The van der Waals surface area contributed by atoms with Crippen LogP contribution >= 0.6 is 0 Å². The number of piperidine rings is 1. The summed E-state index contributed by atoms with van der Waals surface area (Å²) in [6, 6.07) is 2.17. The van der Waals surface area contributed by atoms with Gasteiger partial charge in [0.05, 0.1) is 5.69 Å². The summed E-state index contributed by atoms with van der Waals surface area (Å²) in [5.41, 5.74) is 1.07. The molecule has 2 aromatic rings. The van der Waals surface area contributed by atoms with Gasteiger partial charge in [-0.3, -0.25) is 9.58 Å². The minimum atomic E-state index is 0.959. The molecule has 8 heteroatoms. The summed E-state index contributed by atoms with van der Waals surface area (Å²) in [6.07, 6.45) is 8.55. The maximum atomic E-state index is 4.53. The minimum Gasteiger partial charge on any atom is -0.356 e. The molecule has 26 heavy (non-hydrogen) atoms. The summed E-state index contributed by atoms with van der Waals surface area (Å²) in [4.78, 5) is 16.3. The Labute approximate surface area is 154 Å². The summed E-state index contributed by atoms with van der Waals surface area (Å²) < 4.78 is 1.77. The van der Waals surface area contributed by atoms with Gasteiger partial charge in [-0.2, -0.15) is 0 Å². The molecule has 0 N–H and O–H groups in total. The van der Waals surface area contributed by atoms with Crippen LogP contribution in [0.3, 0.4) is 0 Å². The third kappa shape index (κ3) is 4.12. The lowest BCUT2D eigenvalue weighted by Crippen LogP contribution is -2.47. The molecule has 2 fully saturated rings. The molecule has 0 spiro atoms. The molecule has 140 valence electrons. The summed E-state index contributed by atoms with van der Waals surface area (Å²) in [6.45, 7) is 7.41. The molecule has 2 saturated heterocycles. The van der Waals surface area contributed by atoms with Crippen molar-refractivity contribution in [2.24, 2.45) is 7.05 Å². The van der Waals surface area contributed by atoms with Crippen molar-refractivity contribution in [3.63, 3.8) is 0 Å². The smallest absolute Gasteiger partial charge is 0.134 e. The number of aromatic nitrogens is 5. The average molecular weight is 356 g/mol. The van der Waals surface area contributed by atoms with Crippen molar-refractivity contribution in [2.75, 3.05) is 55.6 Å². The predicted molar refractivity (Wildman–Crippen MR) is 101 cm³/mol. The van der Waals surface area contributed by atoms with Crippen LogP contribution in [0.15, 0.2) is 18.6 Å². The third-order valence-electron chi connectivity index (χ3n) is 5.35.